The maximum Gasteiger partial charge on any atom is 0.222 e. The number of carbonyl (C=O) groups excluding carboxylic acids is 1. The Bertz CT molecular complexity index is 254. The van der Waals surface area contributed by atoms with Gasteiger partial charge in [0.1, 0.15) is 0 Å². The van der Waals surface area contributed by atoms with Crippen molar-refractivity contribution in [2.45, 2.75) is 63.2 Å². The van der Waals surface area contributed by atoms with Crippen LogP contribution in [0.4, 0.5) is 0 Å². The fraction of sp³-hybridized carbons (Fsp3) is 0.923. The minimum absolute atomic E-state index is 0.392. The molecule has 0 aromatic heterocycles. The first-order valence-electron chi connectivity index (χ1n) is 6.85. The summed E-state index contributed by atoms with van der Waals surface area (Å²) < 4.78 is 0. The van der Waals surface area contributed by atoms with Gasteiger partial charge < -0.3 is 4.90 Å². The van der Waals surface area contributed by atoms with Crippen LogP contribution in [0.2, 0.25) is 0 Å². The fourth-order valence-electron chi connectivity index (χ4n) is 2.66. The van der Waals surface area contributed by atoms with Gasteiger partial charge in [-0.05, 0) is 39.0 Å². The molecule has 0 saturated carbocycles. The molecule has 1 amide bonds. The third kappa shape index (κ3) is 4.09. The van der Waals surface area contributed by atoms with Crippen LogP contribution in [-0.4, -0.2) is 34.4 Å². The second-order valence-electron chi connectivity index (χ2n) is 5.15. The summed E-state index contributed by atoms with van der Waals surface area (Å²) in [6.07, 6.45) is 8.16. The van der Waals surface area contributed by atoms with E-state index >= 15 is 0 Å². The lowest BCUT2D eigenvalue weighted by Crippen LogP contribution is -2.33. The SMILES string of the molecule is CC1CCCN1C(=O)CCCCC1CCSS1. The number of carbonyl (C=O) groups is 1. The van der Waals surface area contributed by atoms with Crippen molar-refractivity contribution in [3.05, 3.63) is 0 Å². The molecule has 2 aliphatic heterocycles. The zero-order valence-electron chi connectivity index (χ0n) is 10.7. The van der Waals surface area contributed by atoms with Gasteiger partial charge >= 0.3 is 0 Å². The van der Waals surface area contributed by atoms with Crippen LogP contribution in [0.5, 0.6) is 0 Å². The summed E-state index contributed by atoms with van der Waals surface area (Å²) in [5.74, 6) is 1.71. The van der Waals surface area contributed by atoms with E-state index in [4.69, 9.17) is 0 Å². The van der Waals surface area contributed by atoms with Crippen LogP contribution in [0.1, 0.15) is 51.9 Å². The average Bonchev–Trinajstić information content (AvgIpc) is 2.95. The fourth-order valence-corrected chi connectivity index (χ4v) is 5.69. The molecule has 2 aliphatic rings. The second kappa shape index (κ2) is 6.93. The lowest BCUT2D eigenvalue weighted by molar-refractivity contribution is -0.131. The standard InChI is InChI=1S/C13H23NOS2/c1-11-5-4-9-14(11)13(15)7-3-2-6-12-8-10-16-17-12/h11-12H,2-10H2,1H3. The Morgan fingerprint density at radius 1 is 1.35 bits per heavy atom. The van der Waals surface area contributed by atoms with Gasteiger partial charge in [0.2, 0.25) is 5.91 Å². The van der Waals surface area contributed by atoms with Gasteiger partial charge in [0.05, 0.1) is 0 Å². The Morgan fingerprint density at radius 3 is 2.88 bits per heavy atom. The molecule has 17 heavy (non-hydrogen) atoms. The van der Waals surface area contributed by atoms with Crippen LogP contribution in [0.3, 0.4) is 0 Å². The van der Waals surface area contributed by atoms with Gasteiger partial charge in [-0.15, -0.1) is 0 Å². The summed E-state index contributed by atoms with van der Waals surface area (Å²) in [6, 6.07) is 0.490. The molecule has 0 aromatic rings. The van der Waals surface area contributed by atoms with E-state index < -0.39 is 0 Å². The number of hydrogen-bond acceptors (Lipinski definition) is 3. The molecular weight excluding hydrogens is 250 g/mol. The molecule has 2 fully saturated rings. The number of hydrogen-bond donors (Lipinski definition) is 0. The predicted molar refractivity (Wildman–Crippen MR) is 77.3 cm³/mol. The largest absolute Gasteiger partial charge is 0.340 e. The molecule has 2 unspecified atom stereocenters. The second-order valence-corrected chi connectivity index (χ2v) is 7.94. The molecule has 4 heteroatoms. The Morgan fingerprint density at radius 2 is 2.24 bits per heavy atom. The van der Waals surface area contributed by atoms with E-state index in [1.165, 1.54) is 37.9 Å². The summed E-state index contributed by atoms with van der Waals surface area (Å²) in [6.45, 7) is 3.17. The highest BCUT2D eigenvalue weighted by molar-refractivity contribution is 8.77. The first-order chi connectivity index (χ1) is 8.27. The smallest absolute Gasteiger partial charge is 0.222 e. The van der Waals surface area contributed by atoms with E-state index in [1.54, 1.807) is 0 Å². The first kappa shape index (κ1) is 13.6. The lowest BCUT2D eigenvalue weighted by atomic mass is 10.1. The molecule has 0 N–H and O–H groups in total. The topological polar surface area (TPSA) is 20.3 Å². The molecule has 0 radical (unpaired) electrons. The van der Waals surface area contributed by atoms with E-state index in [0.29, 0.717) is 11.9 Å². The van der Waals surface area contributed by atoms with Crippen molar-refractivity contribution in [1.29, 1.82) is 0 Å². The number of nitrogens with zero attached hydrogens (tertiary/aromatic N) is 1. The highest BCUT2D eigenvalue weighted by atomic mass is 33.1. The van der Waals surface area contributed by atoms with E-state index in [0.717, 1.165) is 24.6 Å². The summed E-state index contributed by atoms with van der Waals surface area (Å²) in [5, 5.41) is 0.862. The quantitative estimate of drug-likeness (QED) is 0.562. The Kier molecular flexibility index (Phi) is 5.54. The molecule has 2 atom stereocenters. The highest BCUT2D eigenvalue weighted by Gasteiger charge is 2.24. The molecule has 2 saturated heterocycles. The lowest BCUT2D eigenvalue weighted by Gasteiger charge is -2.21. The molecule has 2 rings (SSSR count). The van der Waals surface area contributed by atoms with Crippen molar-refractivity contribution in [1.82, 2.24) is 4.90 Å². The Balaban J connectivity index is 1.56. The van der Waals surface area contributed by atoms with Crippen molar-refractivity contribution in [2.75, 3.05) is 12.3 Å². The van der Waals surface area contributed by atoms with Gasteiger partial charge in [-0.2, -0.15) is 0 Å². The van der Waals surface area contributed by atoms with Gasteiger partial charge in [0, 0.05) is 30.0 Å². The monoisotopic (exact) mass is 273 g/mol. The number of amides is 1. The summed E-state index contributed by atoms with van der Waals surface area (Å²) in [5.41, 5.74) is 0. The Labute approximate surface area is 113 Å². The number of unbranched alkanes of at least 4 members (excludes halogenated alkanes) is 1. The molecule has 98 valence electrons. The molecule has 0 aromatic carbocycles. The maximum absolute atomic E-state index is 12.0. The molecule has 0 bridgehead atoms. The van der Waals surface area contributed by atoms with Crippen LogP contribution >= 0.6 is 21.6 Å². The van der Waals surface area contributed by atoms with E-state index in [-0.39, 0.29) is 0 Å². The van der Waals surface area contributed by atoms with Crippen LogP contribution in [0.15, 0.2) is 0 Å². The highest BCUT2D eigenvalue weighted by Crippen LogP contribution is 2.39. The zero-order valence-corrected chi connectivity index (χ0v) is 12.3. The zero-order chi connectivity index (χ0) is 12.1. The van der Waals surface area contributed by atoms with Crippen LogP contribution in [0, 0.1) is 0 Å². The number of rotatable bonds is 5. The van der Waals surface area contributed by atoms with Gasteiger partial charge in [-0.1, -0.05) is 28.0 Å². The molecule has 0 spiro atoms. The van der Waals surface area contributed by atoms with Gasteiger partial charge in [0.25, 0.3) is 0 Å². The van der Waals surface area contributed by atoms with E-state index in [9.17, 15) is 4.79 Å². The third-order valence-electron chi connectivity index (χ3n) is 3.77. The van der Waals surface area contributed by atoms with Crippen molar-refractivity contribution in [3.8, 4) is 0 Å². The maximum atomic E-state index is 12.0. The minimum Gasteiger partial charge on any atom is -0.340 e. The van der Waals surface area contributed by atoms with E-state index in [2.05, 4.69) is 11.8 Å². The average molecular weight is 273 g/mol. The summed E-state index contributed by atoms with van der Waals surface area (Å²) >= 11 is 0. The predicted octanol–water partition coefficient (Wildman–Crippen LogP) is 3.71. The van der Waals surface area contributed by atoms with Crippen LogP contribution in [-0.2, 0) is 4.79 Å². The number of likely N-dealkylation sites (tertiary alicyclic amines) is 1. The molecule has 2 nitrogen and oxygen atoms in total. The normalized spacial score (nSPS) is 28.9. The van der Waals surface area contributed by atoms with Crippen LogP contribution < -0.4 is 0 Å². The van der Waals surface area contributed by atoms with Crippen molar-refractivity contribution >= 4 is 27.5 Å². The van der Waals surface area contributed by atoms with Crippen molar-refractivity contribution < 1.29 is 4.79 Å². The van der Waals surface area contributed by atoms with Gasteiger partial charge in [0.15, 0.2) is 0 Å². The molecule has 2 heterocycles. The summed E-state index contributed by atoms with van der Waals surface area (Å²) in [7, 11) is 4.06. The van der Waals surface area contributed by atoms with Crippen molar-refractivity contribution in [2.24, 2.45) is 0 Å². The van der Waals surface area contributed by atoms with Gasteiger partial charge in [-0.25, -0.2) is 0 Å². The first-order valence-corrected chi connectivity index (χ1v) is 9.23. The minimum atomic E-state index is 0.392. The Hall–Kier alpha value is 0.170. The molecule has 0 aliphatic carbocycles. The van der Waals surface area contributed by atoms with Gasteiger partial charge in [-0.3, -0.25) is 4.79 Å². The third-order valence-corrected chi connectivity index (χ3v) is 6.77. The van der Waals surface area contributed by atoms with Crippen molar-refractivity contribution in [3.63, 3.8) is 0 Å². The molecular formula is C13H23NOS2. The van der Waals surface area contributed by atoms with Crippen LogP contribution in [0.25, 0.3) is 0 Å². The van der Waals surface area contributed by atoms with E-state index in [1.807, 2.05) is 21.6 Å². The summed E-state index contributed by atoms with van der Waals surface area (Å²) in [4.78, 5) is 14.1.